The summed E-state index contributed by atoms with van der Waals surface area (Å²) in [5.74, 6) is -0.292. The van der Waals surface area contributed by atoms with Crippen LogP contribution in [0.15, 0.2) is 65.3 Å². The number of piperidine rings is 1. The van der Waals surface area contributed by atoms with Crippen molar-refractivity contribution < 1.29 is 19.5 Å². The molecule has 2 aromatic carbocycles. The lowest BCUT2D eigenvalue weighted by Crippen LogP contribution is -2.40. The van der Waals surface area contributed by atoms with Gasteiger partial charge in [-0.1, -0.05) is 47.6 Å². The summed E-state index contributed by atoms with van der Waals surface area (Å²) in [6, 6.07) is 17.2. The zero-order valence-electron chi connectivity index (χ0n) is 19.4. The highest BCUT2D eigenvalue weighted by molar-refractivity contribution is 5.70. The Balaban J connectivity index is 1.27. The van der Waals surface area contributed by atoms with Gasteiger partial charge in [0, 0.05) is 18.7 Å². The highest BCUT2D eigenvalue weighted by atomic mass is 16.5. The van der Waals surface area contributed by atoms with Gasteiger partial charge in [0.25, 0.3) is 5.89 Å². The number of likely N-dealkylation sites (tertiary alicyclic amines) is 1. The Hall–Kier alpha value is -3.82. The Kier molecular flexibility index (Phi) is 6.43. The fraction of sp³-hybridized carbons (Fsp3) is 0.308. The zero-order valence-corrected chi connectivity index (χ0v) is 19.4. The molecule has 2 aromatic heterocycles. The van der Waals surface area contributed by atoms with E-state index in [1.165, 1.54) is 0 Å². The second-order valence-corrected chi connectivity index (χ2v) is 8.89. The largest absolute Gasteiger partial charge is 0.481 e. The van der Waals surface area contributed by atoms with Crippen LogP contribution >= 0.6 is 0 Å². The number of rotatable bonds is 7. The molecule has 0 radical (unpaired) electrons. The number of hydrogen-bond acceptors (Lipinski definition) is 7. The molecule has 2 atom stereocenters. The number of para-hydroxylation sites is 1. The average molecular weight is 474 g/mol. The monoisotopic (exact) mass is 473 g/mol. The summed E-state index contributed by atoms with van der Waals surface area (Å²) in [7, 11) is 0. The van der Waals surface area contributed by atoms with Crippen LogP contribution in [0.5, 0.6) is 0 Å². The van der Waals surface area contributed by atoms with Gasteiger partial charge in [0.2, 0.25) is 5.82 Å². The van der Waals surface area contributed by atoms with Gasteiger partial charge in [0.05, 0.1) is 35.2 Å². The van der Waals surface area contributed by atoms with Crippen LogP contribution in [0.25, 0.3) is 28.5 Å². The van der Waals surface area contributed by atoms with Crippen LogP contribution in [-0.4, -0.2) is 60.6 Å². The molecule has 5 rings (SSSR count). The van der Waals surface area contributed by atoms with Crippen molar-refractivity contribution in [1.29, 1.82) is 0 Å². The van der Waals surface area contributed by atoms with E-state index in [9.17, 15) is 15.0 Å². The third-order valence-corrected chi connectivity index (χ3v) is 6.51. The van der Waals surface area contributed by atoms with Crippen molar-refractivity contribution in [3.8, 4) is 28.5 Å². The second-order valence-electron chi connectivity index (χ2n) is 8.89. The van der Waals surface area contributed by atoms with E-state index in [0.29, 0.717) is 31.2 Å². The Morgan fingerprint density at radius 1 is 1.17 bits per heavy atom. The van der Waals surface area contributed by atoms with Gasteiger partial charge in [-0.15, -0.1) is 0 Å². The number of aliphatic carboxylic acids is 1. The highest BCUT2D eigenvalue weighted by Crippen LogP contribution is 2.27. The zero-order chi connectivity index (χ0) is 24.4. The van der Waals surface area contributed by atoms with Gasteiger partial charge < -0.3 is 14.7 Å². The van der Waals surface area contributed by atoms with Crippen molar-refractivity contribution in [2.75, 3.05) is 19.6 Å². The second kappa shape index (κ2) is 9.81. The molecule has 1 aliphatic rings. The molecule has 1 fully saturated rings. The van der Waals surface area contributed by atoms with Gasteiger partial charge in [-0.2, -0.15) is 10.1 Å². The Bertz CT molecular complexity index is 1300. The van der Waals surface area contributed by atoms with Crippen molar-refractivity contribution in [2.45, 2.75) is 25.9 Å². The fourth-order valence-corrected chi connectivity index (χ4v) is 4.53. The van der Waals surface area contributed by atoms with Crippen LogP contribution in [0.2, 0.25) is 0 Å². The van der Waals surface area contributed by atoms with Gasteiger partial charge in [-0.3, -0.25) is 9.69 Å². The minimum atomic E-state index is -0.768. The minimum Gasteiger partial charge on any atom is -0.481 e. The number of β-amino-alcohol motifs (C(OH)–C–C–N with tert-alkyl or cyclic N) is 1. The van der Waals surface area contributed by atoms with E-state index in [1.54, 1.807) is 6.20 Å². The molecule has 35 heavy (non-hydrogen) atoms. The minimum absolute atomic E-state index is 0.366. The summed E-state index contributed by atoms with van der Waals surface area (Å²) in [5, 5.41) is 28.6. The number of hydrogen-bond donors (Lipinski definition) is 2. The summed E-state index contributed by atoms with van der Waals surface area (Å²) in [6.45, 7) is 3.62. The van der Waals surface area contributed by atoms with E-state index in [2.05, 4.69) is 15.2 Å². The Labute approximate surface area is 202 Å². The third-order valence-electron chi connectivity index (χ3n) is 6.51. The quantitative estimate of drug-likeness (QED) is 0.417. The van der Waals surface area contributed by atoms with Crippen LogP contribution in [0.1, 0.15) is 30.2 Å². The standard InChI is InChI=1S/C26H27N5O4/c1-17-22(14-27-31(17)21-7-3-2-4-8-21)25-28-24(29-35-25)19-11-9-18(10-12-19)23(32)16-30-13-5-6-20(15-30)26(33)34/h2-4,7-12,14,20,23,32H,5-6,13,15-16H2,1H3,(H,33,34)/t20-,23?/m0/s1. The van der Waals surface area contributed by atoms with Crippen LogP contribution in [0, 0.1) is 12.8 Å². The van der Waals surface area contributed by atoms with Crippen molar-refractivity contribution in [1.82, 2.24) is 24.8 Å². The predicted octanol–water partition coefficient (Wildman–Crippen LogP) is 3.73. The molecular formula is C26H27N5O4. The first-order valence-electron chi connectivity index (χ1n) is 11.7. The highest BCUT2D eigenvalue weighted by Gasteiger charge is 2.26. The van der Waals surface area contributed by atoms with Gasteiger partial charge in [0.1, 0.15) is 0 Å². The van der Waals surface area contributed by atoms with Gasteiger partial charge >= 0.3 is 5.97 Å². The molecule has 3 heterocycles. The van der Waals surface area contributed by atoms with Crippen molar-refractivity contribution in [2.24, 2.45) is 5.92 Å². The average Bonchev–Trinajstić information content (AvgIpc) is 3.51. The summed E-state index contributed by atoms with van der Waals surface area (Å²) in [5.41, 5.74) is 4.14. The van der Waals surface area contributed by atoms with E-state index in [1.807, 2.05) is 71.1 Å². The number of carboxylic acid groups (broad SMARTS) is 1. The maximum Gasteiger partial charge on any atom is 0.307 e. The molecule has 1 aliphatic heterocycles. The summed E-state index contributed by atoms with van der Waals surface area (Å²) in [6.07, 6.45) is 2.53. The molecule has 0 amide bonds. The van der Waals surface area contributed by atoms with E-state index < -0.39 is 12.1 Å². The number of aliphatic hydroxyl groups is 1. The van der Waals surface area contributed by atoms with Crippen LogP contribution in [0.3, 0.4) is 0 Å². The number of benzene rings is 2. The van der Waals surface area contributed by atoms with Crippen LogP contribution < -0.4 is 0 Å². The van der Waals surface area contributed by atoms with Gasteiger partial charge in [0.15, 0.2) is 0 Å². The molecule has 1 unspecified atom stereocenters. The summed E-state index contributed by atoms with van der Waals surface area (Å²) >= 11 is 0. The summed E-state index contributed by atoms with van der Waals surface area (Å²) < 4.78 is 7.35. The van der Waals surface area contributed by atoms with E-state index in [4.69, 9.17) is 4.52 Å². The number of carboxylic acids is 1. The number of nitrogens with zero attached hydrogens (tertiary/aromatic N) is 5. The van der Waals surface area contributed by atoms with E-state index in [-0.39, 0.29) is 5.92 Å². The first-order valence-corrected chi connectivity index (χ1v) is 11.7. The van der Waals surface area contributed by atoms with Crippen molar-refractivity contribution >= 4 is 5.97 Å². The molecule has 9 nitrogen and oxygen atoms in total. The molecule has 2 N–H and O–H groups in total. The lowest BCUT2D eigenvalue weighted by Gasteiger charge is -2.32. The van der Waals surface area contributed by atoms with Crippen molar-refractivity contribution in [3.05, 3.63) is 72.1 Å². The lowest BCUT2D eigenvalue weighted by molar-refractivity contribution is -0.143. The molecule has 1 saturated heterocycles. The number of aromatic nitrogens is 4. The predicted molar refractivity (Wildman–Crippen MR) is 129 cm³/mol. The molecule has 0 saturated carbocycles. The SMILES string of the molecule is Cc1c(-c2nc(-c3ccc(C(O)CN4CCC[C@H](C(=O)O)C4)cc3)no2)cnn1-c1ccccc1. The molecule has 0 bridgehead atoms. The lowest BCUT2D eigenvalue weighted by atomic mass is 9.97. The fourth-order valence-electron chi connectivity index (χ4n) is 4.53. The molecule has 180 valence electrons. The smallest absolute Gasteiger partial charge is 0.307 e. The van der Waals surface area contributed by atoms with Crippen LogP contribution in [-0.2, 0) is 4.79 Å². The normalized spacial score (nSPS) is 17.4. The van der Waals surface area contributed by atoms with E-state index in [0.717, 1.165) is 41.0 Å². The number of carbonyl (C=O) groups is 1. The first kappa shape index (κ1) is 22.9. The van der Waals surface area contributed by atoms with E-state index >= 15 is 0 Å². The maximum atomic E-state index is 11.3. The molecule has 0 spiro atoms. The first-order chi connectivity index (χ1) is 17.0. The molecule has 9 heteroatoms. The van der Waals surface area contributed by atoms with Crippen molar-refractivity contribution in [3.63, 3.8) is 0 Å². The van der Waals surface area contributed by atoms with Gasteiger partial charge in [-0.25, -0.2) is 4.68 Å². The molecule has 0 aliphatic carbocycles. The maximum absolute atomic E-state index is 11.3. The Morgan fingerprint density at radius 2 is 1.94 bits per heavy atom. The molecular weight excluding hydrogens is 446 g/mol. The summed E-state index contributed by atoms with van der Waals surface area (Å²) in [4.78, 5) is 17.9. The molecule has 4 aromatic rings. The topological polar surface area (TPSA) is 118 Å². The Morgan fingerprint density at radius 3 is 2.69 bits per heavy atom. The third kappa shape index (κ3) is 4.87. The van der Waals surface area contributed by atoms with Crippen LogP contribution in [0.4, 0.5) is 0 Å². The van der Waals surface area contributed by atoms with Gasteiger partial charge in [-0.05, 0) is 44.0 Å². The number of aliphatic hydroxyl groups excluding tert-OH is 1.